The molecule has 1 amide bonds. The van der Waals surface area contributed by atoms with E-state index < -0.39 is 0 Å². The van der Waals surface area contributed by atoms with Crippen LogP contribution in [0.5, 0.6) is 0 Å². The topological polar surface area (TPSA) is 84.1 Å². The Morgan fingerprint density at radius 2 is 2.11 bits per heavy atom. The van der Waals surface area contributed by atoms with Gasteiger partial charge in [0.15, 0.2) is 0 Å². The SMILES string of the molecule is COC(=O)C1CCC(NC(=O)c2cnc[nH]2)CC1. The first kappa shape index (κ1) is 12.6. The number of ether oxygens (including phenoxy) is 1. The Labute approximate surface area is 105 Å². The zero-order valence-corrected chi connectivity index (χ0v) is 10.3. The van der Waals surface area contributed by atoms with Gasteiger partial charge in [-0.3, -0.25) is 9.59 Å². The lowest BCUT2D eigenvalue weighted by Gasteiger charge is -2.27. The molecule has 1 aromatic rings. The zero-order chi connectivity index (χ0) is 13.0. The molecule has 2 rings (SSSR count). The van der Waals surface area contributed by atoms with Crippen LogP contribution in [0.3, 0.4) is 0 Å². The average molecular weight is 251 g/mol. The van der Waals surface area contributed by atoms with E-state index in [-0.39, 0.29) is 23.8 Å². The number of hydrogen-bond donors (Lipinski definition) is 2. The Hall–Kier alpha value is -1.85. The number of nitrogens with one attached hydrogen (secondary N) is 2. The van der Waals surface area contributed by atoms with Crippen LogP contribution in [-0.2, 0) is 9.53 Å². The molecule has 0 spiro atoms. The Kier molecular flexibility index (Phi) is 3.96. The first-order valence-electron chi connectivity index (χ1n) is 6.07. The number of hydrogen-bond acceptors (Lipinski definition) is 4. The maximum absolute atomic E-state index is 11.8. The van der Waals surface area contributed by atoms with Crippen LogP contribution in [0.25, 0.3) is 0 Å². The summed E-state index contributed by atoms with van der Waals surface area (Å²) in [6.45, 7) is 0. The Bertz CT molecular complexity index is 408. The third-order valence-electron chi connectivity index (χ3n) is 3.34. The normalized spacial score (nSPS) is 23.4. The van der Waals surface area contributed by atoms with Gasteiger partial charge in [0.25, 0.3) is 5.91 Å². The number of carbonyl (C=O) groups is 2. The highest BCUT2D eigenvalue weighted by Gasteiger charge is 2.27. The molecule has 0 radical (unpaired) electrons. The number of aromatic nitrogens is 2. The maximum Gasteiger partial charge on any atom is 0.308 e. The summed E-state index contributed by atoms with van der Waals surface area (Å²) >= 11 is 0. The van der Waals surface area contributed by atoms with Gasteiger partial charge >= 0.3 is 5.97 Å². The predicted molar refractivity (Wildman–Crippen MR) is 63.8 cm³/mol. The van der Waals surface area contributed by atoms with Gasteiger partial charge in [-0.05, 0) is 25.7 Å². The fraction of sp³-hybridized carbons (Fsp3) is 0.583. The number of carbonyl (C=O) groups excluding carboxylic acids is 2. The molecule has 1 aliphatic rings. The van der Waals surface area contributed by atoms with Gasteiger partial charge in [-0.2, -0.15) is 0 Å². The second-order valence-electron chi connectivity index (χ2n) is 4.51. The van der Waals surface area contributed by atoms with Gasteiger partial charge in [-0.15, -0.1) is 0 Å². The second kappa shape index (κ2) is 5.66. The molecule has 0 bridgehead atoms. The van der Waals surface area contributed by atoms with Gasteiger partial charge in [0.05, 0.1) is 25.6 Å². The number of methoxy groups -OCH3 is 1. The van der Waals surface area contributed by atoms with E-state index in [4.69, 9.17) is 4.74 Å². The van der Waals surface area contributed by atoms with Crippen molar-refractivity contribution in [2.75, 3.05) is 7.11 Å². The van der Waals surface area contributed by atoms with Crippen molar-refractivity contribution in [1.29, 1.82) is 0 Å². The molecule has 0 aliphatic heterocycles. The van der Waals surface area contributed by atoms with Gasteiger partial charge < -0.3 is 15.0 Å². The van der Waals surface area contributed by atoms with Crippen molar-refractivity contribution in [2.24, 2.45) is 5.92 Å². The number of imidazole rings is 1. The van der Waals surface area contributed by atoms with Crippen LogP contribution in [0.4, 0.5) is 0 Å². The van der Waals surface area contributed by atoms with Crippen LogP contribution >= 0.6 is 0 Å². The summed E-state index contributed by atoms with van der Waals surface area (Å²) in [5.74, 6) is -0.308. The first-order chi connectivity index (χ1) is 8.70. The number of aromatic amines is 1. The third-order valence-corrected chi connectivity index (χ3v) is 3.34. The monoisotopic (exact) mass is 251 g/mol. The molecule has 98 valence electrons. The van der Waals surface area contributed by atoms with Crippen molar-refractivity contribution in [3.8, 4) is 0 Å². The molecular formula is C12H17N3O3. The lowest BCUT2D eigenvalue weighted by atomic mass is 9.86. The lowest BCUT2D eigenvalue weighted by molar-refractivity contribution is -0.146. The molecule has 0 aromatic carbocycles. The van der Waals surface area contributed by atoms with Crippen molar-refractivity contribution in [1.82, 2.24) is 15.3 Å². The van der Waals surface area contributed by atoms with Crippen LogP contribution in [0, 0.1) is 5.92 Å². The van der Waals surface area contributed by atoms with E-state index in [0.717, 1.165) is 25.7 Å². The Morgan fingerprint density at radius 3 is 2.67 bits per heavy atom. The molecule has 2 N–H and O–H groups in total. The molecule has 1 aromatic heterocycles. The fourth-order valence-corrected chi connectivity index (χ4v) is 2.28. The van der Waals surface area contributed by atoms with Gasteiger partial charge in [-0.1, -0.05) is 0 Å². The molecule has 0 atom stereocenters. The minimum absolute atomic E-state index is 0.0182. The molecule has 0 unspecified atom stereocenters. The summed E-state index contributed by atoms with van der Waals surface area (Å²) in [6.07, 6.45) is 6.11. The third kappa shape index (κ3) is 2.88. The summed E-state index contributed by atoms with van der Waals surface area (Å²) in [5, 5.41) is 2.94. The minimum atomic E-state index is -0.145. The van der Waals surface area contributed by atoms with Crippen molar-refractivity contribution >= 4 is 11.9 Å². The van der Waals surface area contributed by atoms with E-state index in [1.807, 2.05) is 0 Å². The molecule has 1 fully saturated rings. The summed E-state index contributed by atoms with van der Waals surface area (Å²) in [5.41, 5.74) is 0.463. The molecule has 0 saturated heterocycles. The fourth-order valence-electron chi connectivity index (χ4n) is 2.28. The zero-order valence-electron chi connectivity index (χ0n) is 10.3. The number of amides is 1. The Balaban J connectivity index is 1.80. The van der Waals surface area contributed by atoms with Crippen LogP contribution in [-0.4, -0.2) is 35.0 Å². The van der Waals surface area contributed by atoms with E-state index >= 15 is 0 Å². The quantitative estimate of drug-likeness (QED) is 0.781. The lowest BCUT2D eigenvalue weighted by Crippen LogP contribution is -2.39. The van der Waals surface area contributed by atoms with Crippen molar-refractivity contribution < 1.29 is 14.3 Å². The van der Waals surface area contributed by atoms with Crippen molar-refractivity contribution in [3.63, 3.8) is 0 Å². The summed E-state index contributed by atoms with van der Waals surface area (Å²) in [4.78, 5) is 29.7. The second-order valence-corrected chi connectivity index (χ2v) is 4.51. The first-order valence-corrected chi connectivity index (χ1v) is 6.07. The number of esters is 1. The Morgan fingerprint density at radius 1 is 1.39 bits per heavy atom. The molecule has 18 heavy (non-hydrogen) atoms. The minimum Gasteiger partial charge on any atom is -0.469 e. The molecule has 1 aliphatic carbocycles. The molecule has 6 nitrogen and oxygen atoms in total. The largest absolute Gasteiger partial charge is 0.469 e. The number of rotatable bonds is 3. The summed E-state index contributed by atoms with van der Waals surface area (Å²) in [7, 11) is 1.41. The average Bonchev–Trinajstić information content (AvgIpc) is 2.92. The molecule has 1 heterocycles. The summed E-state index contributed by atoms with van der Waals surface area (Å²) in [6, 6.07) is 0.127. The number of nitrogens with zero attached hydrogens (tertiary/aromatic N) is 1. The summed E-state index contributed by atoms with van der Waals surface area (Å²) < 4.78 is 4.73. The highest BCUT2D eigenvalue weighted by Crippen LogP contribution is 2.25. The van der Waals surface area contributed by atoms with Crippen LogP contribution in [0.2, 0.25) is 0 Å². The van der Waals surface area contributed by atoms with Crippen LogP contribution < -0.4 is 5.32 Å². The predicted octanol–water partition coefficient (Wildman–Crippen LogP) is 0.871. The van der Waals surface area contributed by atoms with E-state index in [1.54, 1.807) is 0 Å². The van der Waals surface area contributed by atoms with E-state index in [9.17, 15) is 9.59 Å². The van der Waals surface area contributed by atoms with E-state index in [1.165, 1.54) is 19.6 Å². The molecule has 1 saturated carbocycles. The number of H-pyrrole nitrogens is 1. The van der Waals surface area contributed by atoms with Crippen molar-refractivity contribution in [2.45, 2.75) is 31.7 Å². The van der Waals surface area contributed by atoms with Gasteiger partial charge in [0, 0.05) is 6.04 Å². The van der Waals surface area contributed by atoms with Gasteiger partial charge in [0.2, 0.25) is 0 Å². The van der Waals surface area contributed by atoms with Crippen LogP contribution in [0.1, 0.15) is 36.2 Å². The highest BCUT2D eigenvalue weighted by molar-refractivity contribution is 5.92. The van der Waals surface area contributed by atoms with Crippen molar-refractivity contribution in [3.05, 3.63) is 18.2 Å². The van der Waals surface area contributed by atoms with Gasteiger partial charge in [0.1, 0.15) is 5.69 Å². The standard InChI is InChI=1S/C12H17N3O3/c1-18-12(17)8-2-4-9(5-3-8)15-11(16)10-6-13-7-14-10/h6-9H,2-5H2,1H3,(H,13,14)(H,15,16). The smallest absolute Gasteiger partial charge is 0.308 e. The van der Waals surface area contributed by atoms with E-state index in [2.05, 4.69) is 15.3 Å². The highest BCUT2D eigenvalue weighted by atomic mass is 16.5. The van der Waals surface area contributed by atoms with E-state index in [0.29, 0.717) is 5.69 Å². The maximum atomic E-state index is 11.8. The van der Waals surface area contributed by atoms with Gasteiger partial charge in [-0.25, -0.2) is 4.98 Å². The molecular weight excluding hydrogens is 234 g/mol. The molecule has 6 heteroatoms. The van der Waals surface area contributed by atoms with Crippen LogP contribution in [0.15, 0.2) is 12.5 Å².